The van der Waals surface area contributed by atoms with E-state index in [1.165, 1.54) is 12.1 Å². The van der Waals surface area contributed by atoms with Crippen molar-refractivity contribution in [1.29, 1.82) is 0 Å². The molecule has 1 aliphatic heterocycles. The molecule has 0 radical (unpaired) electrons. The number of carbonyl (C=O) groups is 1. The van der Waals surface area contributed by atoms with E-state index in [1.54, 1.807) is 6.07 Å². The minimum absolute atomic E-state index is 0.0386. The van der Waals surface area contributed by atoms with E-state index in [-0.39, 0.29) is 23.3 Å². The Bertz CT molecular complexity index is 535. The van der Waals surface area contributed by atoms with Crippen molar-refractivity contribution in [2.75, 3.05) is 13.1 Å². The average Bonchev–Trinajstić information content (AvgIpc) is 3.27. The van der Waals surface area contributed by atoms with E-state index in [9.17, 15) is 18.0 Å². The lowest BCUT2D eigenvalue weighted by Crippen LogP contribution is -2.36. The number of carbonyl (C=O) groups excluding carboxylic acids is 1. The second-order valence-corrected chi connectivity index (χ2v) is 5.92. The smallest absolute Gasteiger partial charge is 0.342 e. The van der Waals surface area contributed by atoms with Gasteiger partial charge in [0.05, 0.1) is 5.56 Å². The Morgan fingerprint density at radius 2 is 1.76 bits per heavy atom. The fraction of sp³-hybridized carbons (Fsp3) is 0.562. The molecule has 2 atom stereocenters. The molecule has 2 nitrogen and oxygen atoms in total. The number of nitrogens with zero attached hydrogens (tertiary/aromatic N) is 1. The highest BCUT2D eigenvalue weighted by molar-refractivity contribution is 5.83. The Kier molecular flexibility index (Phi) is 3.68. The van der Waals surface area contributed by atoms with Gasteiger partial charge in [0, 0.05) is 19.0 Å². The minimum Gasteiger partial charge on any atom is -0.342 e. The second kappa shape index (κ2) is 5.35. The average molecular weight is 297 g/mol. The summed E-state index contributed by atoms with van der Waals surface area (Å²) >= 11 is 0. The molecule has 1 aromatic rings. The molecule has 1 heterocycles. The van der Waals surface area contributed by atoms with Crippen molar-refractivity contribution >= 4 is 5.91 Å². The third-order valence-corrected chi connectivity index (χ3v) is 4.44. The maximum absolute atomic E-state index is 13.0. The SMILES string of the molecule is O=C([C@@H]1C[C@H]1c1ccccc1C(F)(F)F)N1CCCCC1. The van der Waals surface area contributed by atoms with Crippen LogP contribution >= 0.6 is 0 Å². The highest BCUT2D eigenvalue weighted by Crippen LogP contribution is 2.51. The van der Waals surface area contributed by atoms with Crippen molar-refractivity contribution in [2.45, 2.75) is 37.8 Å². The minimum atomic E-state index is -4.35. The predicted molar refractivity (Wildman–Crippen MR) is 72.7 cm³/mol. The van der Waals surface area contributed by atoms with Crippen LogP contribution in [0.4, 0.5) is 13.2 Å². The van der Waals surface area contributed by atoms with Gasteiger partial charge in [-0.05, 0) is 43.2 Å². The molecule has 0 bridgehead atoms. The summed E-state index contributed by atoms with van der Waals surface area (Å²) in [6, 6.07) is 5.63. The highest BCUT2D eigenvalue weighted by atomic mass is 19.4. The van der Waals surface area contributed by atoms with Crippen molar-refractivity contribution in [3.05, 3.63) is 35.4 Å². The van der Waals surface area contributed by atoms with Crippen LogP contribution in [0.2, 0.25) is 0 Å². The van der Waals surface area contributed by atoms with Crippen molar-refractivity contribution in [2.24, 2.45) is 5.92 Å². The van der Waals surface area contributed by atoms with Crippen molar-refractivity contribution in [3.8, 4) is 0 Å². The van der Waals surface area contributed by atoms with E-state index in [4.69, 9.17) is 0 Å². The number of alkyl halides is 3. The topological polar surface area (TPSA) is 20.3 Å². The molecule has 0 unspecified atom stereocenters. The number of hydrogen-bond donors (Lipinski definition) is 0. The predicted octanol–water partition coefficient (Wildman–Crippen LogP) is 3.82. The van der Waals surface area contributed by atoms with Gasteiger partial charge in [-0.1, -0.05) is 18.2 Å². The Labute approximate surface area is 121 Å². The summed E-state index contributed by atoms with van der Waals surface area (Å²) in [5.41, 5.74) is -0.315. The van der Waals surface area contributed by atoms with Gasteiger partial charge < -0.3 is 4.90 Å². The summed E-state index contributed by atoms with van der Waals surface area (Å²) in [5, 5.41) is 0. The molecule has 0 aromatic heterocycles. The van der Waals surface area contributed by atoms with Gasteiger partial charge in [0.2, 0.25) is 5.91 Å². The summed E-state index contributed by atoms with van der Waals surface area (Å²) in [4.78, 5) is 14.2. The third kappa shape index (κ3) is 2.92. The molecule has 0 N–H and O–H groups in total. The quantitative estimate of drug-likeness (QED) is 0.812. The summed E-state index contributed by atoms with van der Waals surface area (Å²) < 4.78 is 39.1. The van der Waals surface area contributed by atoms with E-state index < -0.39 is 11.7 Å². The fourth-order valence-electron chi connectivity index (χ4n) is 3.24. The summed E-state index contributed by atoms with van der Waals surface area (Å²) in [7, 11) is 0. The van der Waals surface area contributed by atoms with Crippen LogP contribution < -0.4 is 0 Å². The van der Waals surface area contributed by atoms with Gasteiger partial charge in [0.25, 0.3) is 0 Å². The molecule has 1 aromatic carbocycles. The zero-order chi connectivity index (χ0) is 15.0. The zero-order valence-corrected chi connectivity index (χ0v) is 11.7. The molecule has 3 rings (SSSR count). The maximum atomic E-state index is 13.0. The molecule has 0 spiro atoms. The van der Waals surface area contributed by atoms with Gasteiger partial charge >= 0.3 is 6.18 Å². The fourth-order valence-corrected chi connectivity index (χ4v) is 3.24. The van der Waals surface area contributed by atoms with Crippen LogP contribution in [-0.2, 0) is 11.0 Å². The molecule has 21 heavy (non-hydrogen) atoms. The van der Waals surface area contributed by atoms with Gasteiger partial charge in [-0.2, -0.15) is 13.2 Å². The molecule has 1 saturated carbocycles. The van der Waals surface area contributed by atoms with Crippen molar-refractivity contribution in [3.63, 3.8) is 0 Å². The maximum Gasteiger partial charge on any atom is 0.416 e. The molecule has 114 valence electrons. The summed E-state index contributed by atoms with van der Waals surface area (Å²) in [5.74, 6) is -0.486. The molecule has 1 aliphatic carbocycles. The second-order valence-electron chi connectivity index (χ2n) is 5.92. The number of likely N-dealkylation sites (tertiary alicyclic amines) is 1. The third-order valence-electron chi connectivity index (χ3n) is 4.44. The molecule has 1 saturated heterocycles. The first-order valence-corrected chi connectivity index (χ1v) is 7.43. The van der Waals surface area contributed by atoms with Gasteiger partial charge in [0.1, 0.15) is 0 Å². The molecule has 5 heteroatoms. The first kappa shape index (κ1) is 14.4. The normalized spacial score (nSPS) is 25.8. The van der Waals surface area contributed by atoms with E-state index in [1.807, 2.05) is 4.90 Å². The first-order valence-electron chi connectivity index (χ1n) is 7.43. The van der Waals surface area contributed by atoms with Crippen molar-refractivity contribution in [1.82, 2.24) is 4.90 Å². The first-order chi connectivity index (χ1) is 9.98. The van der Waals surface area contributed by atoms with Crippen LogP contribution in [0.25, 0.3) is 0 Å². The molecule has 2 aliphatic rings. The van der Waals surface area contributed by atoms with E-state index in [0.29, 0.717) is 6.42 Å². The number of benzene rings is 1. The largest absolute Gasteiger partial charge is 0.416 e. The highest BCUT2D eigenvalue weighted by Gasteiger charge is 2.49. The number of amides is 1. The monoisotopic (exact) mass is 297 g/mol. The Hall–Kier alpha value is -1.52. The zero-order valence-electron chi connectivity index (χ0n) is 11.7. The van der Waals surface area contributed by atoms with Gasteiger partial charge in [-0.25, -0.2) is 0 Å². The molecular weight excluding hydrogens is 279 g/mol. The lowest BCUT2D eigenvalue weighted by Gasteiger charge is -2.27. The molecular formula is C16H18F3NO. The van der Waals surface area contributed by atoms with Crippen LogP contribution in [0.3, 0.4) is 0 Å². The Morgan fingerprint density at radius 3 is 2.43 bits per heavy atom. The molecule has 2 fully saturated rings. The number of halogens is 3. The van der Waals surface area contributed by atoms with Crippen LogP contribution in [0.5, 0.6) is 0 Å². The standard InChI is InChI=1S/C16H18F3NO/c17-16(18,19)14-7-3-2-6-11(14)12-10-13(12)15(21)20-8-4-1-5-9-20/h2-3,6-7,12-13H,1,4-5,8-10H2/t12-,13+/m0/s1. The van der Waals surface area contributed by atoms with E-state index >= 15 is 0 Å². The van der Waals surface area contributed by atoms with Crippen LogP contribution in [0.15, 0.2) is 24.3 Å². The van der Waals surface area contributed by atoms with Crippen LogP contribution in [-0.4, -0.2) is 23.9 Å². The summed E-state index contributed by atoms with van der Waals surface area (Å²) in [6.07, 6.45) is -0.667. The lowest BCUT2D eigenvalue weighted by molar-refractivity contribution is -0.138. The van der Waals surface area contributed by atoms with Gasteiger partial charge in [-0.15, -0.1) is 0 Å². The van der Waals surface area contributed by atoms with E-state index in [2.05, 4.69) is 0 Å². The Balaban J connectivity index is 1.74. The lowest BCUT2D eigenvalue weighted by atomic mass is 10.0. The van der Waals surface area contributed by atoms with E-state index in [0.717, 1.165) is 38.4 Å². The number of piperidine rings is 1. The Morgan fingerprint density at radius 1 is 1.10 bits per heavy atom. The summed E-state index contributed by atoms with van der Waals surface area (Å²) in [6.45, 7) is 1.51. The van der Waals surface area contributed by atoms with Crippen molar-refractivity contribution < 1.29 is 18.0 Å². The number of hydrogen-bond acceptors (Lipinski definition) is 1. The van der Waals surface area contributed by atoms with Crippen LogP contribution in [0, 0.1) is 5.92 Å². The molecule has 1 amide bonds. The van der Waals surface area contributed by atoms with Crippen LogP contribution in [0.1, 0.15) is 42.7 Å². The van der Waals surface area contributed by atoms with Gasteiger partial charge in [0.15, 0.2) is 0 Å². The number of rotatable bonds is 2. The van der Waals surface area contributed by atoms with Gasteiger partial charge in [-0.3, -0.25) is 4.79 Å².